The van der Waals surface area contributed by atoms with Gasteiger partial charge in [-0.1, -0.05) is 30.3 Å². The molecule has 1 amide bonds. The van der Waals surface area contributed by atoms with Gasteiger partial charge in [0.25, 0.3) is 0 Å². The fourth-order valence-corrected chi connectivity index (χ4v) is 1.69. The summed E-state index contributed by atoms with van der Waals surface area (Å²) in [5.74, 6) is -0.0553. The van der Waals surface area contributed by atoms with Crippen LogP contribution in [0.15, 0.2) is 30.3 Å². The van der Waals surface area contributed by atoms with Crippen molar-refractivity contribution in [2.45, 2.75) is 25.5 Å². The summed E-state index contributed by atoms with van der Waals surface area (Å²) in [5.41, 5.74) is 0.877. The van der Waals surface area contributed by atoms with Crippen LogP contribution < -0.4 is 10.6 Å². The van der Waals surface area contributed by atoms with E-state index in [1.165, 1.54) is 0 Å². The molecule has 18 heavy (non-hydrogen) atoms. The number of halogens is 1. The normalized spacial score (nSPS) is 13.3. The Hall–Kier alpha value is -1.10. The largest absolute Gasteiger partial charge is 0.388 e. The minimum absolute atomic E-state index is 0. The minimum atomic E-state index is -0.541. The van der Waals surface area contributed by atoms with Gasteiger partial charge in [0.2, 0.25) is 5.91 Å². The van der Waals surface area contributed by atoms with Crippen molar-refractivity contribution in [1.82, 2.24) is 10.6 Å². The highest BCUT2D eigenvalue weighted by molar-refractivity contribution is 5.85. The third-order valence-electron chi connectivity index (χ3n) is 2.51. The standard InChI is InChI=1S/C13H20N2O2.ClH/c1-10(15-13(17)9-14-2)8-12(16)11-6-4-3-5-7-11;/h3-7,10,12,14,16H,8-9H2,1-2H3,(H,15,17);1H. The molecule has 3 N–H and O–H groups in total. The second kappa shape index (κ2) is 8.91. The molecule has 0 aliphatic carbocycles. The average molecular weight is 273 g/mol. The van der Waals surface area contributed by atoms with E-state index < -0.39 is 6.10 Å². The molecular weight excluding hydrogens is 252 g/mol. The molecule has 2 unspecified atom stereocenters. The van der Waals surface area contributed by atoms with E-state index in [1.54, 1.807) is 7.05 Å². The van der Waals surface area contributed by atoms with Gasteiger partial charge >= 0.3 is 0 Å². The summed E-state index contributed by atoms with van der Waals surface area (Å²) >= 11 is 0. The van der Waals surface area contributed by atoms with Gasteiger partial charge in [-0.15, -0.1) is 12.4 Å². The zero-order valence-corrected chi connectivity index (χ0v) is 11.5. The predicted molar refractivity (Wildman–Crippen MR) is 74.8 cm³/mol. The van der Waals surface area contributed by atoms with Crippen LogP contribution in [-0.2, 0) is 4.79 Å². The smallest absolute Gasteiger partial charge is 0.234 e. The van der Waals surface area contributed by atoms with Gasteiger partial charge in [-0.2, -0.15) is 0 Å². The van der Waals surface area contributed by atoms with Gasteiger partial charge in [-0.3, -0.25) is 4.79 Å². The van der Waals surface area contributed by atoms with Gasteiger partial charge in [0.15, 0.2) is 0 Å². The summed E-state index contributed by atoms with van der Waals surface area (Å²) in [6.45, 7) is 2.19. The van der Waals surface area contributed by atoms with E-state index in [2.05, 4.69) is 10.6 Å². The Balaban J connectivity index is 0.00000289. The Labute approximate surface area is 114 Å². The Bertz CT molecular complexity index is 346. The van der Waals surface area contributed by atoms with Crippen molar-refractivity contribution in [1.29, 1.82) is 0 Å². The summed E-state index contributed by atoms with van der Waals surface area (Å²) in [7, 11) is 1.73. The Morgan fingerprint density at radius 1 is 1.33 bits per heavy atom. The lowest BCUT2D eigenvalue weighted by Crippen LogP contribution is -2.38. The quantitative estimate of drug-likeness (QED) is 0.731. The number of aliphatic hydroxyl groups excluding tert-OH is 1. The van der Waals surface area contributed by atoms with E-state index in [0.717, 1.165) is 5.56 Å². The van der Waals surface area contributed by atoms with Gasteiger partial charge in [-0.05, 0) is 26.0 Å². The highest BCUT2D eigenvalue weighted by atomic mass is 35.5. The lowest BCUT2D eigenvalue weighted by molar-refractivity contribution is -0.120. The number of rotatable bonds is 6. The van der Waals surface area contributed by atoms with Gasteiger partial charge in [0.1, 0.15) is 0 Å². The van der Waals surface area contributed by atoms with Crippen LogP contribution >= 0.6 is 12.4 Å². The molecule has 0 saturated heterocycles. The molecule has 0 aliphatic heterocycles. The number of benzene rings is 1. The number of aliphatic hydroxyl groups is 1. The Kier molecular flexibility index (Phi) is 8.37. The van der Waals surface area contributed by atoms with Crippen LogP contribution in [0, 0.1) is 0 Å². The number of carbonyl (C=O) groups is 1. The number of nitrogens with one attached hydrogen (secondary N) is 2. The van der Waals surface area contributed by atoms with Crippen LogP contribution in [0.25, 0.3) is 0 Å². The Morgan fingerprint density at radius 2 is 1.94 bits per heavy atom. The highest BCUT2D eigenvalue weighted by Crippen LogP contribution is 2.17. The van der Waals surface area contributed by atoms with Crippen LogP contribution in [0.2, 0.25) is 0 Å². The van der Waals surface area contributed by atoms with Crippen molar-refractivity contribution in [3.05, 3.63) is 35.9 Å². The summed E-state index contributed by atoms with van der Waals surface area (Å²) in [5, 5.41) is 15.6. The van der Waals surface area contributed by atoms with E-state index in [9.17, 15) is 9.90 Å². The molecule has 0 spiro atoms. The molecule has 0 aromatic heterocycles. The molecule has 0 heterocycles. The van der Waals surface area contributed by atoms with Crippen molar-refractivity contribution in [3.8, 4) is 0 Å². The molecule has 102 valence electrons. The molecule has 0 fully saturated rings. The molecular formula is C13H21ClN2O2. The number of carbonyl (C=O) groups excluding carboxylic acids is 1. The van der Waals surface area contributed by atoms with Crippen LogP contribution in [0.5, 0.6) is 0 Å². The van der Waals surface area contributed by atoms with Crippen LogP contribution in [0.1, 0.15) is 25.0 Å². The first kappa shape index (κ1) is 16.9. The van der Waals surface area contributed by atoms with Crippen LogP contribution in [0.4, 0.5) is 0 Å². The van der Waals surface area contributed by atoms with Gasteiger partial charge in [0.05, 0.1) is 12.6 Å². The second-order valence-electron chi connectivity index (χ2n) is 4.16. The van der Waals surface area contributed by atoms with E-state index in [1.807, 2.05) is 37.3 Å². The first-order valence-corrected chi connectivity index (χ1v) is 5.80. The van der Waals surface area contributed by atoms with E-state index in [0.29, 0.717) is 13.0 Å². The molecule has 2 atom stereocenters. The number of amides is 1. The van der Waals surface area contributed by atoms with Gasteiger partial charge in [-0.25, -0.2) is 0 Å². The molecule has 4 nitrogen and oxygen atoms in total. The van der Waals surface area contributed by atoms with E-state index >= 15 is 0 Å². The monoisotopic (exact) mass is 272 g/mol. The lowest BCUT2D eigenvalue weighted by Gasteiger charge is -2.18. The number of hydrogen-bond donors (Lipinski definition) is 3. The molecule has 1 aromatic rings. The minimum Gasteiger partial charge on any atom is -0.388 e. The summed E-state index contributed by atoms with van der Waals surface area (Å²) in [6, 6.07) is 9.41. The first-order chi connectivity index (χ1) is 8.13. The summed E-state index contributed by atoms with van der Waals surface area (Å²) in [6.07, 6.45) is -0.0273. The molecule has 0 bridgehead atoms. The maximum atomic E-state index is 11.3. The van der Waals surface area contributed by atoms with Crippen molar-refractivity contribution in [3.63, 3.8) is 0 Å². The van der Waals surface area contributed by atoms with Crippen LogP contribution in [-0.4, -0.2) is 30.6 Å². The van der Waals surface area contributed by atoms with Crippen molar-refractivity contribution < 1.29 is 9.90 Å². The first-order valence-electron chi connectivity index (χ1n) is 5.80. The zero-order chi connectivity index (χ0) is 12.7. The number of likely N-dealkylation sites (N-methyl/N-ethyl adjacent to an activating group) is 1. The van der Waals surface area contributed by atoms with E-state index in [4.69, 9.17) is 0 Å². The van der Waals surface area contributed by atoms with Crippen molar-refractivity contribution in [2.24, 2.45) is 0 Å². The fraction of sp³-hybridized carbons (Fsp3) is 0.462. The topological polar surface area (TPSA) is 61.4 Å². The van der Waals surface area contributed by atoms with Gasteiger partial charge < -0.3 is 15.7 Å². The van der Waals surface area contributed by atoms with Crippen LogP contribution in [0.3, 0.4) is 0 Å². The molecule has 0 radical (unpaired) electrons. The third kappa shape index (κ3) is 6.00. The SMILES string of the molecule is CNCC(=O)NC(C)CC(O)c1ccccc1.Cl. The molecule has 5 heteroatoms. The average Bonchev–Trinajstić information content (AvgIpc) is 2.30. The molecule has 0 saturated carbocycles. The van der Waals surface area contributed by atoms with Crippen molar-refractivity contribution >= 4 is 18.3 Å². The third-order valence-corrected chi connectivity index (χ3v) is 2.51. The summed E-state index contributed by atoms with van der Waals surface area (Å²) in [4.78, 5) is 11.3. The molecule has 1 rings (SSSR count). The van der Waals surface area contributed by atoms with Crippen molar-refractivity contribution in [2.75, 3.05) is 13.6 Å². The van der Waals surface area contributed by atoms with E-state index in [-0.39, 0.29) is 24.4 Å². The fourth-order valence-electron chi connectivity index (χ4n) is 1.69. The molecule has 1 aromatic carbocycles. The highest BCUT2D eigenvalue weighted by Gasteiger charge is 2.13. The lowest BCUT2D eigenvalue weighted by atomic mass is 10.0. The maximum Gasteiger partial charge on any atom is 0.234 e. The summed E-state index contributed by atoms with van der Waals surface area (Å²) < 4.78 is 0. The zero-order valence-electron chi connectivity index (χ0n) is 10.7. The maximum absolute atomic E-state index is 11.3. The predicted octanol–water partition coefficient (Wildman–Crippen LogP) is 1.26. The number of hydrogen-bond acceptors (Lipinski definition) is 3. The second-order valence-corrected chi connectivity index (χ2v) is 4.16. The van der Waals surface area contributed by atoms with Gasteiger partial charge in [0, 0.05) is 6.04 Å². The Morgan fingerprint density at radius 3 is 2.50 bits per heavy atom. The molecule has 0 aliphatic rings.